The molecule has 9 nitrogen and oxygen atoms in total. The van der Waals surface area contributed by atoms with Gasteiger partial charge in [0.05, 0.1) is 23.6 Å². The molecule has 1 aromatic heterocycles. The summed E-state index contributed by atoms with van der Waals surface area (Å²) in [6.45, 7) is 2.28. The zero-order valence-corrected chi connectivity index (χ0v) is 18.3. The lowest BCUT2D eigenvalue weighted by Gasteiger charge is -2.40. The Hall–Kier alpha value is -3.36. The van der Waals surface area contributed by atoms with Crippen LogP contribution in [-0.4, -0.2) is 63.4 Å². The molecule has 2 aliphatic carbocycles. The van der Waals surface area contributed by atoms with Crippen molar-refractivity contribution in [2.75, 3.05) is 23.4 Å². The molecule has 2 heterocycles. The molecule has 3 amide bonds. The number of carboxylic acid groups (broad SMARTS) is 1. The Kier molecular flexibility index (Phi) is 4.91. The Morgan fingerprint density at radius 1 is 1.12 bits per heavy atom. The first-order valence-electron chi connectivity index (χ1n) is 11.1. The summed E-state index contributed by atoms with van der Waals surface area (Å²) < 4.78 is 1.61. The second kappa shape index (κ2) is 7.65. The van der Waals surface area contributed by atoms with Crippen molar-refractivity contribution < 1.29 is 19.5 Å². The molecular formula is C23H27N5O4. The highest BCUT2D eigenvalue weighted by molar-refractivity contribution is 6.04. The number of hydrogen-bond donors (Lipinski definition) is 1. The van der Waals surface area contributed by atoms with Gasteiger partial charge in [0, 0.05) is 37.3 Å². The lowest BCUT2D eigenvalue weighted by Crippen LogP contribution is -2.52. The van der Waals surface area contributed by atoms with E-state index in [9.17, 15) is 19.5 Å². The highest BCUT2D eigenvalue weighted by Crippen LogP contribution is 2.42. The largest absolute Gasteiger partial charge is 0.465 e. The van der Waals surface area contributed by atoms with Crippen LogP contribution in [0.3, 0.4) is 0 Å². The van der Waals surface area contributed by atoms with Gasteiger partial charge in [-0.25, -0.2) is 4.79 Å². The average molecular weight is 438 g/mol. The fourth-order valence-corrected chi connectivity index (χ4v) is 4.36. The van der Waals surface area contributed by atoms with Crippen LogP contribution in [0.15, 0.2) is 30.6 Å². The number of likely N-dealkylation sites (N-methyl/N-ethyl adjacent to an activating group) is 1. The zero-order chi connectivity index (χ0) is 22.6. The van der Waals surface area contributed by atoms with Gasteiger partial charge in [-0.1, -0.05) is 6.07 Å². The fourth-order valence-electron chi connectivity index (χ4n) is 4.36. The van der Waals surface area contributed by atoms with Gasteiger partial charge in [-0.05, 0) is 50.3 Å². The third-order valence-corrected chi connectivity index (χ3v) is 6.56. The minimum atomic E-state index is -1.04. The van der Waals surface area contributed by atoms with E-state index < -0.39 is 6.09 Å². The molecule has 1 atom stereocenters. The van der Waals surface area contributed by atoms with E-state index in [1.165, 1.54) is 4.90 Å². The van der Waals surface area contributed by atoms with Crippen molar-refractivity contribution in [3.63, 3.8) is 0 Å². The number of fused-ring (bicyclic) bond motifs is 1. The van der Waals surface area contributed by atoms with Crippen molar-refractivity contribution in [2.45, 2.75) is 51.2 Å². The number of amides is 3. The maximum Gasteiger partial charge on any atom is 0.411 e. The summed E-state index contributed by atoms with van der Waals surface area (Å²) in [6, 6.07) is 5.62. The number of aromatic nitrogens is 2. The Bertz CT molecular complexity index is 1090. The van der Waals surface area contributed by atoms with E-state index in [4.69, 9.17) is 0 Å². The lowest BCUT2D eigenvalue weighted by molar-refractivity contribution is -0.131. The van der Waals surface area contributed by atoms with Gasteiger partial charge in [0.15, 0.2) is 0 Å². The van der Waals surface area contributed by atoms with Gasteiger partial charge in [-0.3, -0.25) is 19.2 Å². The third kappa shape index (κ3) is 3.72. The second-order valence-electron chi connectivity index (χ2n) is 9.09. The van der Waals surface area contributed by atoms with Crippen LogP contribution in [-0.2, 0) is 16.1 Å². The number of nitrogens with zero attached hydrogens (tertiary/aromatic N) is 5. The van der Waals surface area contributed by atoms with Crippen LogP contribution in [0.5, 0.6) is 0 Å². The summed E-state index contributed by atoms with van der Waals surface area (Å²) in [4.78, 5) is 42.1. The SMILES string of the molecule is C[C@H]1CN(C(=O)O)c2cc(-c3cnn(CC(=O)N(C)C4CC4)c3)ccc2N1C(=O)C1CC1. The Labute approximate surface area is 186 Å². The van der Waals surface area contributed by atoms with E-state index in [2.05, 4.69) is 5.10 Å². The molecule has 2 saturated carbocycles. The van der Waals surface area contributed by atoms with Crippen molar-refractivity contribution in [3.05, 3.63) is 30.6 Å². The lowest BCUT2D eigenvalue weighted by atomic mass is 10.0. The molecule has 9 heteroatoms. The van der Waals surface area contributed by atoms with Crippen molar-refractivity contribution in [1.29, 1.82) is 0 Å². The Morgan fingerprint density at radius 2 is 1.88 bits per heavy atom. The normalized spacial score (nSPS) is 20.1. The van der Waals surface area contributed by atoms with Crippen LogP contribution < -0.4 is 9.80 Å². The summed E-state index contributed by atoms with van der Waals surface area (Å²) >= 11 is 0. The first-order valence-corrected chi connectivity index (χ1v) is 11.1. The van der Waals surface area contributed by atoms with Crippen LogP contribution in [0.1, 0.15) is 32.6 Å². The smallest absolute Gasteiger partial charge is 0.411 e. The van der Waals surface area contributed by atoms with E-state index >= 15 is 0 Å². The fraction of sp³-hybridized carbons (Fsp3) is 0.478. The maximum absolute atomic E-state index is 12.9. The van der Waals surface area contributed by atoms with E-state index in [0.29, 0.717) is 17.4 Å². The predicted octanol–water partition coefficient (Wildman–Crippen LogP) is 2.80. The summed E-state index contributed by atoms with van der Waals surface area (Å²) in [7, 11) is 1.82. The monoisotopic (exact) mass is 437 g/mol. The molecular weight excluding hydrogens is 410 g/mol. The van der Waals surface area contributed by atoms with Crippen molar-refractivity contribution in [2.24, 2.45) is 5.92 Å². The molecule has 5 rings (SSSR count). The molecule has 2 aromatic rings. The predicted molar refractivity (Wildman–Crippen MR) is 118 cm³/mol. The number of hydrogen-bond acceptors (Lipinski definition) is 4. The van der Waals surface area contributed by atoms with Crippen LogP contribution in [0.4, 0.5) is 16.2 Å². The van der Waals surface area contributed by atoms with E-state index in [1.807, 2.05) is 26.1 Å². The molecule has 2 fully saturated rings. The minimum Gasteiger partial charge on any atom is -0.465 e. The van der Waals surface area contributed by atoms with E-state index in [0.717, 1.165) is 36.8 Å². The summed E-state index contributed by atoms with van der Waals surface area (Å²) in [5.74, 6) is 0.140. The highest BCUT2D eigenvalue weighted by atomic mass is 16.4. The standard InChI is InChI=1S/C23H27N5O4/c1-14-11-27(23(31)32)20-9-16(5-8-19(20)28(14)22(30)15-3-4-15)17-10-24-26(12-17)13-21(29)25(2)18-6-7-18/h5,8-10,12,14-15,18H,3-4,6-7,11,13H2,1-2H3,(H,31,32)/t14-/m0/s1. The molecule has 0 bridgehead atoms. The second-order valence-corrected chi connectivity index (χ2v) is 9.09. The van der Waals surface area contributed by atoms with Gasteiger partial charge in [0.25, 0.3) is 0 Å². The third-order valence-electron chi connectivity index (χ3n) is 6.56. The van der Waals surface area contributed by atoms with Crippen LogP contribution in [0.25, 0.3) is 11.1 Å². The van der Waals surface area contributed by atoms with Gasteiger partial charge < -0.3 is 14.9 Å². The molecule has 0 radical (unpaired) electrons. The zero-order valence-electron chi connectivity index (χ0n) is 18.3. The molecule has 0 unspecified atom stereocenters. The van der Waals surface area contributed by atoms with Gasteiger partial charge in [0.2, 0.25) is 11.8 Å². The number of benzene rings is 1. The summed E-state index contributed by atoms with van der Waals surface area (Å²) in [5.41, 5.74) is 2.70. The van der Waals surface area contributed by atoms with Gasteiger partial charge in [-0.15, -0.1) is 0 Å². The molecule has 1 N–H and O–H groups in total. The first-order chi connectivity index (χ1) is 15.3. The topological polar surface area (TPSA) is 99.0 Å². The van der Waals surface area contributed by atoms with Crippen LogP contribution in [0, 0.1) is 5.92 Å². The number of carbonyl (C=O) groups excluding carboxylic acids is 2. The summed E-state index contributed by atoms with van der Waals surface area (Å²) in [6.07, 6.45) is 6.33. The molecule has 32 heavy (non-hydrogen) atoms. The molecule has 1 aliphatic heterocycles. The van der Waals surface area contributed by atoms with Crippen LogP contribution >= 0.6 is 0 Å². The molecule has 168 valence electrons. The molecule has 0 saturated heterocycles. The Morgan fingerprint density at radius 3 is 2.53 bits per heavy atom. The van der Waals surface area contributed by atoms with Gasteiger partial charge >= 0.3 is 6.09 Å². The maximum atomic E-state index is 12.9. The van der Waals surface area contributed by atoms with E-state index in [1.54, 1.807) is 32.9 Å². The molecule has 0 spiro atoms. The Balaban J connectivity index is 1.43. The first kappa shape index (κ1) is 20.5. The number of anilines is 2. The van der Waals surface area contributed by atoms with Crippen LogP contribution in [0.2, 0.25) is 0 Å². The van der Waals surface area contributed by atoms with Crippen molar-refractivity contribution in [3.8, 4) is 11.1 Å². The number of carbonyl (C=O) groups is 3. The average Bonchev–Trinajstić information content (AvgIpc) is 3.69. The van der Waals surface area contributed by atoms with Crippen molar-refractivity contribution in [1.82, 2.24) is 14.7 Å². The highest BCUT2D eigenvalue weighted by Gasteiger charge is 2.41. The quantitative estimate of drug-likeness (QED) is 0.776. The molecule has 3 aliphatic rings. The van der Waals surface area contributed by atoms with Gasteiger partial charge in [0.1, 0.15) is 6.54 Å². The molecule has 1 aromatic carbocycles. The van der Waals surface area contributed by atoms with Crippen molar-refractivity contribution >= 4 is 29.3 Å². The van der Waals surface area contributed by atoms with Gasteiger partial charge in [-0.2, -0.15) is 5.10 Å². The number of rotatable bonds is 5. The van der Waals surface area contributed by atoms with E-state index in [-0.39, 0.29) is 36.9 Å². The summed E-state index contributed by atoms with van der Waals surface area (Å²) in [5, 5.41) is 14.1. The minimum absolute atomic E-state index is 0.0212.